The Hall–Kier alpha value is -3.58. The topological polar surface area (TPSA) is 98.0 Å². The van der Waals surface area contributed by atoms with E-state index in [9.17, 15) is 14.7 Å². The minimum atomic E-state index is -1.19. The molecule has 0 bridgehead atoms. The standard InChI is InChI=1S/C22H21NO6/c1-27-17-9-7-16(8-10-17)19-11-12-20(29-19)21(24)23-18(22(25)26)14-28-13-15-5-3-2-4-6-15/h2-12,18H,13-14H2,1H3,(H,23,24)(H,25,26). The predicted molar refractivity (Wildman–Crippen MR) is 106 cm³/mol. The summed E-state index contributed by atoms with van der Waals surface area (Å²) in [6, 6.07) is 18.5. The number of carbonyl (C=O) groups is 2. The highest BCUT2D eigenvalue weighted by molar-refractivity contribution is 5.94. The van der Waals surface area contributed by atoms with Gasteiger partial charge in [-0.2, -0.15) is 0 Å². The van der Waals surface area contributed by atoms with Crippen LogP contribution in [0.5, 0.6) is 5.75 Å². The molecule has 1 unspecified atom stereocenters. The van der Waals surface area contributed by atoms with Gasteiger partial charge in [0, 0.05) is 5.56 Å². The highest BCUT2D eigenvalue weighted by atomic mass is 16.5. The number of nitrogens with one attached hydrogen (secondary N) is 1. The monoisotopic (exact) mass is 395 g/mol. The lowest BCUT2D eigenvalue weighted by molar-refractivity contribution is -0.141. The third-order valence-corrected chi connectivity index (χ3v) is 4.20. The minimum Gasteiger partial charge on any atom is -0.497 e. The van der Waals surface area contributed by atoms with E-state index >= 15 is 0 Å². The van der Waals surface area contributed by atoms with Crippen LogP contribution >= 0.6 is 0 Å². The fourth-order valence-electron chi connectivity index (χ4n) is 2.64. The van der Waals surface area contributed by atoms with Crippen molar-refractivity contribution < 1.29 is 28.6 Å². The molecule has 3 aromatic rings. The molecular formula is C22H21NO6. The molecule has 0 aliphatic heterocycles. The fourth-order valence-corrected chi connectivity index (χ4v) is 2.64. The maximum Gasteiger partial charge on any atom is 0.328 e. The number of aliphatic carboxylic acids is 1. The molecular weight excluding hydrogens is 374 g/mol. The van der Waals surface area contributed by atoms with E-state index in [4.69, 9.17) is 13.9 Å². The maximum atomic E-state index is 12.4. The number of carboxylic acid groups (broad SMARTS) is 1. The fraction of sp³-hybridized carbons (Fsp3) is 0.182. The summed E-state index contributed by atoms with van der Waals surface area (Å²) in [4.78, 5) is 23.9. The first-order chi connectivity index (χ1) is 14.1. The summed E-state index contributed by atoms with van der Waals surface area (Å²) in [5.41, 5.74) is 1.68. The molecule has 2 N–H and O–H groups in total. The van der Waals surface area contributed by atoms with Gasteiger partial charge in [-0.3, -0.25) is 4.79 Å². The predicted octanol–water partition coefficient (Wildman–Crippen LogP) is 3.36. The maximum absolute atomic E-state index is 12.4. The second-order valence-electron chi connectivity index (χ2n) is 6.26. The Morgan fingerprint density at radius 2 is 1.76 bits per heavy atom. The van der Waals surface area contributed by atoms with Gasteiger partial charge in [0.2, 0.25) is 0 Å². The summed E-state index contributed by atoms with van der Waals surface area (Å²) in [6.07, 6.45) is 0. The van der Waals surface area contributed by atoms with E-state index < -0.39 is 17.9 Å². The molecule has 3 rings (SSSR count). The summed E-state index contributed by atoms with van der Waals surface area (Å²) >= 11 is 0. The molecule has 7 nitrogen and oxygen atoms in total. The highest BCUT2D eigenvalue weighted by Crippen LogP contribution is 2.24. The molecule has 1 aromatic heterocycles. The highest BCUT2D eigenvalue weighted by Gasteiger charge is 2.23. The molecule has 0 fully saturated rings. The van der Waals surface area contributed by atoms with Gasteiger partial charge in [0.25, 0.3) is 5.91 Å². The first-order valence-corrected chi connectivity index (χ1v) is 8.96. The molecule has 29 heavy (non-hydrogen) atoms. The zero-order valence-corrected chi connectivity index (χ0v) is 15.8. The Balaban J connectivity index is 1.59. The van der Waals surface area contributed by atoms with E-state index in [2.05, 4.69) is 5.32 Å². The van der Waals surface area contributed by atoms with E-state index in [1.54, 1.807) is 37.4 Å². The van der Waals surface area contributed by atoms with E-state index in [0.29, 0.717) is 11.5 Å². The van der Waals surface area contributed by atoms with Gasteiger partial charge >= 0.3 is 5.97 Å². The second-order valence-corrected chi connectivity index (χ2v) is 6.26. The quantitative estimate of drug-likeness (QED) is 0.577. The number of hydrogen-bond donors (Lipinski definition) is 2. The average molecular weight is 395 g/mol. The molecule has 0 aliphatic carbocycles. The number of carboxylic acids is 1. The molecule has 0 aliphatic rings. The van der Waals surface area contributed by atoms with E-state index in [1.807, 2.05) is 30.3 Å². The van der Waals surface area contributed by atoms with Gasteiger partial charge in [0.15, 0.2) is 11.8 Å². The molecule has 0 saturated carbocycles. The summed E-state index contributed by atoms with van der Waals surface area (Å²) in [6.45, 7) is 0.0882. The third kappa shape index (κ3) is 5.46. The van der Waals surface area contributed by atoms with Crippen molar-refractivity contribution in [3.63, 3.8) is 0 Å². The SMILES string of the molecule is COc1ccc(-c2ccc(C(=O)NC(COCc3ccccc3)C(=O)O)o2)cc1. The number of methoxy groups -OCH3 is 1. The normalized spacial score (nSPS) is 11.6. The smallest absolute Gasteiger partial charge is 0.328 e. The van der Waals surface area contributed by atoms with Crippen LogP contribution in [0, 0.1) is 0 Å². The van der Waals surface area contributed by atoms with Crippen LogP contribution in [0.25, 0.3) is 11.3 Å². The van der Waals surface area contributed by atoms with Crippen molar-refractivity contribution in [2.24, 2.45) is 0 Å². The lowest BCUT2D eigenvalue weighted by Crippen LogP contribution is -2.43. The first-order valence-electron chi connectivity index (χ1n) is 8.96. The number of benzene rings is 2. The largest absolute Gasteiger partial charge is 0.497 e. The van der Waals surface area contributed by atoms with Crippen LogP contribution in [-0.2, 0) is 16.1 Å². The Bertz CT molecular complexity index is 949. The molecule has 2 aromatic carbocycles. The summed E-state index contributed by atoms with van der Waals surface area (Å²) in [5, 5.41) is 11.8. The van der Waals surface area contributed by atoms with Crippen LogP contribution in [-0.4, -0.2) is 36.7 Å². The molecule has 1 atom stereocenters. The Kier molecular flexibility index (Phi) is 6.65. The zero-order valence-electron chi connectivity index (χ0n) is 15.8. The van der Waals surface area contributed by atoms with Crippen LogP contribution in [0.2, 0.25) is 0 Å². The summed E-state index contributed by atoms with van der Waals surface area (Å²) in [7, 11) is 1.58. The van der Waals surface area contributed by atoms with E-state index in [0.717, 1.165) is 11.1 Å². The Labute approximate surface area is 167 Å². The Morgan fingerprint density at radius 3 is 2.41 bits per heavy atom. The van der Waals surface area contributed by atoms with E-state index in [1.165, 1.54) is 6.07 Å². The van der Waals surface area contributed by atoms with Gasteiger partial charge in [-0.25, -0.2) is 4.79 Å². The molecule has 1 amide bonds. The lowest BCUT2D eigenvalue weighted by Gasteiger charge is -2.14. The van der Waals surface area contributed by atoms with Crippen LogP contribution < -0.4 is 10.1 Å². The zero-order chi connectivity index (χ0) is 20.6. The average Bonchev–Trinajstić information content (AvgIpc) is 3.24. The van der Waals surface area contributed by atoms with Gasteiger partial charge in [-0.05, 0) is 42.0 Å². The van der Waals surface area contributed by atoms with Crippen LogP contribution in [0.4, 0.5) is 0 Å². The number of carbonyl (C=O) groups excluding carboxylic acids is 1. The van der Waals surface area contributed by atoms with Gasteiger partial charge in [-0.1, -0.05) is 30.3 Å². The number of hydrogen-bond acceptors (Lipinski definition) is 5. The Morgan fingerprint density at radius 1 is 1.03 bits per heavy atom. The van der Waals surface area contributed by atoms with Gasteiger partial charge < -0.3 is 24.3 Å². The second kappa shape index (κ2) is 9.57. The van der Waals surface area contributed by atoms with Crippen LogP contribution in [0.1, 0.15) is 16.1 Å². The molecule has 1 heterocycles. The van der Waals surface area contributed by atoms with Crippen LogP contribution in [0.3, 0.4) is 0 Å². The van der Waals surface area contributed by atoms with Crippen molar-refractivity contribution in [2.45, 2.75) is 12.6 Å². The molecule has 0 saturated heterocycles. The molecule has 7 heteroatoms. The number of ether oxygens (including phenoxy) is 2. The van der Waals surface area contributed by atoms with Crippen molar-refractivity contribution in [1.82, 2.24) is 5.32 Å². The van der Waals surface area contributed by atoms with E-state index in [-0.39, 0.29) is 19.0 Å². The van der Waals surface area contributed by atoms with Crippen LogP contribution in [0.15, 0.2) is 71.1 Å². The van der Waals surface area contributed by atoms with Crippen molar-refractivity contribution in [1.29, 1.82) is 0 Å². The minimum absolute atomic E-state index is 0.0186. The number of rotatable bonds is 9. The third-order valence-electron chi connectivity index (χ3n) is 4.20. The molecule has 150 valence electrons. The summed E-state index contributed by atoms with van der Waals surface area (Å²) in [5.74, 6) is -0.595. The van der Waals surface area contributed by atoms with Gasteiger partial charge in [0.1, 0.15) is 11.5 Å². The van der Waals surface area contributed by atoms with Crippen molar-refractivity contribution in [3.05, 3.63) is 78.1 Å². The number of furan rings is 1. The first kappa shape index (κ1) is 20.2. The van der Waals surface area contributed by atoms with Gasteiger partial charge in [-0.15, -0.1) is 0 Å². The molecule has 0 spiro atoms. The summed E-state index contributed by atoms with van der Waals surface area (Å²) < 4.78 is 16.1. The van der Waals surface area contributed by atoms with Crippen molar-refractivity contribution >= 4 is 11.9 Å². The van der Waals surface area contributed by atoms with Gasteiger partial charge in [0.05, 0.1) is 20.3 Å². The van der Waals surface area contributed by atoms with Crippen molar-refractivity contribution in [2.75, 3.05) is 13.7 Å². The van der Waals surface area contributed by atoms with Crippen molar-refractivity contribution in [3.8, 4) is 17.1 Å². The lowest BCUT2D eigenvalue weighted by atomic mass is 10.2. The molecule has 0 radical (unpaired) electrons. The number of amides is 1.